The molecule has 0 spiro atoms. The summed E-state index contributed by atoms with van der Waals surface area (Å²) in [5.41, 5.74) is 18.1. The van der Waals surface area contributed by atoms with Gasteiger partial charge in [0.15, 0.2) is 11.5 Å². The van der Waals surface area contributed by atoms with Crippen LogP contribution in [0.5, 0.6) is 11.5 Å². The summed E-state index contributed by atoms with van der Waals surface area (Å²) in [5.74, 6) is 1.50. The van der Waals surface area contributed by atoms with Crippen molar-refractivity contribution >= 4 is 41.0 Å². The molecule has 0 saturated carbocycles. The normalized spacial score (nSPS) is 14.9. The minimum atomic E-state index is -3.46. The van der Waals surface area contributed by atoms with Crippen molar-refractivity contribution < 1.29 is 9.68 Å². The molecule has 3 aliphatic rings. The highest BCUT2D eigenvalue weighted by atomic mass is 28.3. The standard InChI is InChI=1S/C52H38N4O2Si/c1-7-19-37(20-8-1)41-31-33-47-45(35-41)53-55(57-47)51-49(39-23-11-3-12-24-39)50(40-25-13-4-14-26-40)52(59(51,43-27-15-5-16-28-43)44-29-17-6-18-30-44)56-54-46-36-42(32-34-48(46)58-56)38-21-9-2-10-22-38/h1-36,53-54H. The van der Waals surface area contributed by atoms with Crippen molar-refractivity contribution in [1.29, 1.82) is 0 Å². The molecule has 3 aliphatic heterocycles. The molecule has 282 valence electrons. The first-order valence-corrected chi connectivity index (χ1v) is 21.9. The first-order valence-electron chi connectivity index (χ1n) is 19.9. The molecule has 2 N–H and O–H groups in total. The summed E-state index contributed by atoms with van der Waals surface area (Å²) in [6.45, 7) is 0. The quantitative estimate of drug-likeness (QED) is 0.150. The van der Waals surface area contributed by atoms with E-state index in [2.05, 4.69) is 217 Å². The highest BCUT2D eigenvalue weighted by molar-refractivity contribution is 7.14. The predicted octanol–water partition coefficient (Wildman–Crippen LogP) is 10.8. The lowest BCUT2D eigenvalue weighted by Gasteiger charge is -2.39. The van der Waals surface area contributed by atoms with Gasteiger partial charge in [-0.05, 0) is 68.0 Å². The zero-order valence-electron chi connectivity index (χ0n) is 32.0. The van der Waals surface area contributed by atoms with Gasteiger partial charge < -0.3 is 9.68 Å². The number of fused-ring (bicyclic) bond motifs is 2. The fourth-order valence-corrected chi connectivity index (χ4v) is 13.9. The molecule has 8 aromatic carbocycles. The van der Waals surface area contributed by atoms with Crippen LogP contribution in [0.2, 0.25) is 0 Å². The van der Waals surface area contributed by atoms with Crippen molar-refractivity contribution in [3.63, 3.8) is 0 Å². The molecule has 3 heterocycles. The molecule has 0 amide bonds. The molecule has 6 nitrogen and oxygen atoms in total. The molecule has 0 aromatic heterocycles. The molecular formula is C52H38N4O2Si. The van der Waals surface area contributed by atoms with E-state index in [4.69, 9.17) is 9.68 Å². The van der Waals surface area contributed by atoms with Gasteiger partial charge in [0, 0.05) is 11.1 Å². The second-order valence-electron chi connectivity index (χ2n) is 14.8. The molecule has 0 unspecified atom stereocenters. The average molecular weight is 779 g/mol. The number of hydrogen-bond donors (Lipinski definition) is 2. The van der Waals surface area contributed by atoms with Crippen LogP contribution in [0.25, 0.3) is 33.4 Å². The number of nitrogens with zero attached hydrogens (tertiary/aromatic N) is 2. The predicted molar refractivity (Wildman–Crippen MR) is 241 cm³/mol. The Labute approximate surface area is 344 Å². The van der Waals surface area contributed by atoms with Gasteiger partial charge in [-0.3, -0.25) is 10.9 Å². The van der Waals surface area contributed by atoms with Crippen LogP contribution in [-0.2, 0) is 0 Å². The molecule has 59 heavy (non-hydrogen) atoms. The molecule has 8 aromatic rings. The minimum Gasteiger partial charge on any atom is -0.358 e. The van der Waals surface area contributed by atoms with E-state index in [1.807, 2.05) is 22.5 Å². The van der Waals surface area contributed by atoms with Crippen molar-refractivity contribution in [2.45, 2.75) is 0 Å². The Kier molecular flexibility index (Phi) is 8.38. The van der Waals surface area contributed by atoms with Gasteiger partial charge in [0.1, 0.15) is 11.4 Å². The van der Waals surface area contributed by atoms with Crippen LogP contribution in [0.3, 0.4) is 0 Å². The minimum absolute atomic E-state index is 0.750. The van der Waals surface area contributed by atoms with Gasteiger partial charge in [-0.15, -0.1) is 10.3 Å². The Hall–Kier alpha value is -7.74. The number of hydroxylamine groups is 2. The lowest BCUT2D eigenvalue weighted by molar-refractivity contribution is 0.0284. The van der Waals surface area contributed by atoms with E-state index < -0.39 is 8.07 Å². The second-order valence-corrected chi connectivity index (χ2v) is 18.4. The molecule has 0 fully saturated rings. The fraction of sp³-hybridized carbons (Fsp3) is 0. The van der Waals surface area contributed by atoms with Crippen LogP contribution < -0.4 is 30.9 Å². The van der Waals surface area contributed by atoms with Crippen molar-refractivity contribution in [2.24, 2.45) is 0 Å². The number of hydrogen-bond acceptors (Lipinski definition) is 6. The number of hydrazine groups is 2. The van der Waals surface area contributed by atoms with Gasteiger partial charge in [0.05, 0.1) is 10.6 Å². The number of anilines is 2. The van der Waals surface area contributed by atoms with Crippen molar-refractivity contribution in [3.05, 3.63) is 240 Å². The average Bonchev–Trinajstić information content (AvgIpc) is 4.03. The van der Waals surface area contributed by atoms with Crippen molar-refractivity contribution in [2.75, 3.05) is 10.9 Å². The zero-order valence-corrected chi connectivity index (χ0v) is 33.0. The smallest absolute Gasteiger partial charge is 0.233 e. The monoisotopic (exact) mass is 778 g/mol. The van der Waals surface area contributed by atoms with E-state index in [0.29, 0.717) is 0 Å². The molecule has 11 rings (SSSR count). The van der Waals surface area contributed by atoms with E-state index in [-0.39, 0.29) is 0 Å². The van der Waals surface area contributed by atoms with E-state index >= 15 is 0 Å². The Balaban J connectivity index is 1.19. The summed E-state index contributed by atoms with van der Waals surface area (Å²) in [6.07, 6.45) is 0. The number of rotatable bonds is 8. The fourth-order valence-electron chi connectivity index (χ4n) is 8.77. The summed E-state index contributed by atoms with van der Waals surface area (Å²) in [4.78, 5) is 14.1. The maximum absolute atomic E-state index is 7.05. The van der Waals surface area contributed by atoms with Crippen LogP contribution in [-0.4, -0.2) is 18.4 Å². The highest BCUT2D eigenvalue weighted by Gasteiger charge is 2.60. The second kappa shape index (κ2) is 14.3. The molecule has 0 aliphatic carbocycles. The van der Waals surface area contributed by atoms with Crippen molar-refractivity contribution in [1.82, 2.24) is 10.3 Å². The first kappa shape index (κ1) is 34.5. The Morgan fingerprint density at radius 1 is 0.322 bits per heavy atom. The molecule has 0 atom stereocenters. The Bertz CT molecular complexity index is 2670. The van der Waals surface area contributed by atoms with Crippen LogP contribution in [0.1, 0.15) is 11.1 Å². The molecule has 0 saturated heterocycles. The van der Waals surface area contributed by atoms with Gasteiger partial charge in [0.2, 0.25) is 8.07 Å². The Morgan fingerprint density at radius 2 is 0.644 bits per heavy atom. The largest absolute Gasteiger partial charge is 0.358 e. The third-order valence-corrected chi connectivity index (χ3v) is 16.1. The van der Waals surface area contributed by atoms with Gasteiger partial charge in [-0.2, -0.15) is 0 Å². The third kappa shape index (κ3) is 5.78. The third-order valence-electron chi connectivity index (χ3n) is 11.4. The van der Waals surface area contributed by atoms with Gasteiger partial charge in [0.25, 0.3) is 0 Å². The lowest BCUT2D eigenvalue weighted by Crippen LogP contribution is -2.67. The van der Waals surface area contributed by atoms with Gasteiger partial charge in [-0.1, -0.05) is 194 Å². The number of benzene rings is 8. The SMILES string of the molecule is c1ccc(C2=C(N3Nc4cc(-c5ccccc5)ccc4O3)[Si](c3ccccc3)(c3ccccc3)C(N3Nc4cc(-c5ccccc5)ccc4O3)=C2c2ccccc2)cc1. The van der Waals surface area contributed by atoms with E-state index in [9.17, 15) is 0 Å². The zero-order chi connectivity index (χ0) is 39.2. The molecule has 0 radical (unpaired) electrons. The molecular weight excluding hydrogens is 741 g/mol. The van der Waals surface area contributed by atoms with Gasteiger partial charge in [-0.25, -0.2) is 0 Å². The van der Waals surface area contributed by atoms with Crippen LogP contribution >= 0.6 is 0 Å². The molecule has 0 bridgehead atoms. The number of allylic oxidation sites excluding steroid dienone is 2. The van der Waals surface area contributed by atoms with E-state index in [0.717, 1.165) is 78.0 Å². The van der Waals surface area contributed by atoms with E-state index in [1.165, 1.54) is 10.4 Å². The maximum atomic E-state index is 7.05. The van der Waals surface area contributed by atoms with Crippen LogP contribution in [0.4, 0.5) is 11.4 Å². The Morgan fingerprint density at radius 3 is 1.00 bits per heavy atom. The molecule has 7 heteroatoms. The lowest BCUT2D eigenvalue weighted by atomic mass is 9.94. The summed E-state index contributed by atoms with van der Waals surface area (Å²) in [5, 5.41) is 8.29. The van der Waals surface area contributed by atoms with Gasteiger partial charge >= 0.3 is 0 Å². The summed E-state index contributed by atoms with van der Waals surface area (Å²) in [7, 11) is -3.46. The summed E-state index contributed by atoms with van der Waals surface area (Å²) >= 11 is 0. The first-order chi connectivity index (χ1) is 29.3. The van der Waals surface area contributed by atoms with Crippen molar-refractivity contribution in [3.8, 4) is 33.8 Å². The van der Waals surface area contributed by atoms with E-state index in [1.54, 1.807) is 0 Å². The topological polar surface area (TPSA) is 49.0 Å². The van der Waals surface area contributed by atoms with Crippen LogP contribution in [0.15, 0.2) is 229 Å². The summed E-state index contributed by atoms with van der Waals surface area (Å²) < 4.78 is 0. The summed E-state index contributed by atoms with van der Waals surface area (Å²) in [6, 6.07) is 76.9. The maximum Gasteiger partial charge on any atom is 0.233 e. The number of nitrogens with one attached hydrogen (secondary N) is 2. The van der Waals surface area contributed by atoms with Crippen LogP contribution in [0, 0.1) is 0 Å². The highest BCUT2D eigenvalue weighted by Crippen LogP contribution is 2.53.